The third-order valence-electron chi connectivity index (χ3n) is 2.67. The molecule has 0 bridgehead atoms. The molecule has 2 amide bonds. The van der Waals surface area contributed by atoms with Crippen LogP contribution in [0.4, 0.5) is 4.79 Å². The Labute approximate surface area is 95.0 Å². The number of urea groups is 1. The number of aliphatic carboxylic acids is 1. The minimum atomic E-state index is -0.887. The van der Waals surface area contributed by atoms with Crippen molar-refractivity contribution in [3.8, 4) is 0 Å². The molecule has 92 valence electrons. The van der Waals surface area contributed by atoms with Crippen LogP contribution < -0.4 is 10.6 Å². The molecule has 1 aliphatic heterocycles. The number of carboxylic acids is 1. The third kappa shape index (κ3) is 4.48. The Morgan fingerprint density at radius 1 is 1.44 bits per heavy atom. The summed E-state index contributed by atoms with van der Waals surface area (Å²) in [6.07, 6.45) is 1.84. The van der Waals surface area contributed by atoms with Gasteiger partial charge in [0, 0.05) is 19.6 Å². The van der Waals surface area contributed by atoms with Gasteiger partial charge in [-0.15, -0.1) is 0 Å². The van der Waals surface area contributed by atoms with Crippen molar-refractivity contribution in [2.24, 2.45) is 0 Å². The molecule has 1 heterocycles. The number of carboxylic acid groups (broad SMARTS) is 1. The molecule has 6 heteroatoms. The zero-order valence-corrected chi connectivity index (χ0v) is 9.53. The fourth-order valence-electron chi connectivity index (χ4n) is 1.62. The van der Waals surface area contributed by atoms with E-state index >= 15 is 0 Å². The summed E-state index contributed by atoms with van der Waals surface area (Å²) in [6.45, 7) is 2.08. The number of hydrogen-bond acceptors (Lipinski definition) is 3. The highest BCUT2D eigenvalue weighted by Crippen LogP contribution is 2.02. The number of carbonyl (C=O) groups is 2. The first-order valence-corrected chi connectivity index (χ1v) is 5.53. The Bertz CT molecular complexity index is 252. The van der Waals surface area contributed by atoms with E-state index in [0.29, 0.717) is 0 Å². The highest BCUT2D eigenvalue weighted by Gasteiger charge is 2.17. The van der Waals surface area contributed by atoms with Crippen LogP contribution in [0.25, 0.3) is 0 Å². The molecule has 16 heavy (non-hydrogen) atoms. The van der Waals surface area contributed by atoms with Gasteiger partial charge in [0.2, 0.25) is 0 Å². The highest BCUT2D eigenvalue weighted by atomic mass is 16.4. The average molecular weight is 229 g/mol. The van der Waals surface area contributed by atoms with Crippen molar-refractivity contribution in [2.45, 2.75) is 25.3 Å². The predicted octanol–water partition coefficient (Wildman–Crippen LogP) is -0.145. The minimum Gasteiger partial charge on any atom is -0.481 e. The van der Waals surface area contributed by atoms with E-state index < -0.39 is 5.97 Å². The van der Waals surface area contributed by atoms with Gasteiger partial charge >= 0.3 is 12.0 Å². The van der Waals surface area contributed by atoms with Gasteiger partial charge < -0.3 is 20.6 Å². The quantitative estimate of drug-likeness (QED) is 0.626. The van der Waals surface area contributed by atoms with Gasteiger partial charge in [-0.3, -0.25) is 4.79 Å². The number of rotatable bonds is 4. The van der Waals surface area contributed by atoms with Crippen molar-refractivity contribution in [3.63, 3.8) is 0 Å². The minimum absolute atomic E-state index is 0.0177. The topological polar surface area (TPSA) is 81.7 Å². The van der Waals surface area contributed by atoms with E-state index in [1.807, 2.05) is 0 Å². The molecule has 1 rings (SSSR count). The maximum Gasteiger partial charge on any atom is 0.317 e. The molecule has 3 N–H and O–H groups in total. The smallest absolute Gasteiger partial charge is 0.317 e. The average Bonchev–Trinajstić information content (AvgIpc) is 2.27. The van der Waals surface area contributed by atoms with Crippen molar-refractivity contribution in [2.75, 3.05) is 26.7 Å². The molecule has 0 aromatic carbocycles. The van der Waals surface area contributed by atoms with Crippen molar-refractivity contribution in [3.05, 3.63) is 0 Å². The van der Waals surface area contributed by atoms with Gasteiger partial charge in [-0.2, -0.15) is 0 Å². The van der Waals surface area contributed by atoms with Gasteiger partial charge in [-0.25, -0.2) is 4.79 Å². The zero-order valence-electron chi connectivity index (χ0n) is 9.53. The summed E-state index contributed by atoms with van der Waals surface area (Å²) in [6, 6.07) is 0.0224. The summed E-state index contributed by atoms with van der Waals surface area (Å²) in [7, 11) is 1.61. The van der Waals surface area contributed by atoms with E-state index in [0.717, 1.165) is 25.9 Å². The van der Waals surface area contributed by atoms with Gasteiger partial charge in [-0.1, -0.05) is 0 Å². The first kappa shape index (κ1) is 12.8. The van der Waals surface area contributed by atoms with Crippen LogP contribution >= 0.6 is 0 Å². The number of piperidine rings is 1. The van der Waals surface area contributed by atoms with E-state index in [1.165, 1.54) is 4.90 Å². The van der Waals surface area contributed by atoms with Crippen LogP contribution in [0, 0.1) is 0 Å². The first-order valence-electron chi connectivity index (χ1n) is 5.53. The number of nitrogens with one attached hydrogen (secondary N) is 2. The van der Waals surface area contributed by atoms with Crippen LogP contribution in [0.3, 0.4) is 0 Å². The molecule has 0 radical (unpaired) electrons. The van der Waals surface area contributed by atoms with E-state index in [9.17, 15) is 9.59 Å². The van der Waals surface area contributed by atoms with Crippen LogP contribution in [0.2, 0.25) is 0 Å². The fourth-order valence-corrected chi connectivity index (χ4v) is 1.62. The Balaban J connectivity index is 2.24. The lowest BCUT2D eigenvalue weighted by atomic mass is 10.1. The Hall–Kier alpha value is -1.30. The van der Waals surface area contributed by atoms with Gasteiger partial charge in [0.1, 0.15) is 0 Å². The molecule has 0 atom stereocenters. The molecule has 1 fully saturated rings. The third-order valence-corrected chi connectivity index (χ3v) is 2.67. The standard InChI is InChI=1S/C10H19N3O3/c1-13(7-4-9(14)15)10(16)12-8-2-5-11-6-3-8/h8,11H,2-7H2,1H3,(H,12,16)(H,14,15). The molecular weight excluding hydrogens is 210 g/mol. The monoisotopic (exact) mass is 229 g/mol. The van der Waals surface area contributed by atoms with Crippen molar-refractivity contribution < 1.29 is 14.7 Å². The highest BCUT2D eigenvalue weighted by molar-refractivity contribution is 5.75. The van der Waals surface area contributed by atoms with E-state index in [-0.39, 0.29) is 25.0 Å². The number of nitrogens with zero attached hydrogens (tertiary/aromatic N) is 1. The van der Waals surface area contributed by atoms with Gasteiger partial charge in [0.15, 0.2) is 0 Å². The summed E-state index contributed by atoms with van der Waals surface area (Å²) >= 11 is 0. The van der Waals surface area contributed by atoms with Crippen molar-refractivity contribution in [1.29, 1.82) is 0 Å². The predicted molar refractivity (Wildman–Crippen MR) is 59.3 cm³/mol. The van der Waals surface area contributed by atoms with Gasteiger partial charge in [0.05, 0.1) is 6.42 Å². The van der Waals surface area contributed by atoms with E-state index in [4.69, 9.17) is 5.11 Å². The molecular formula is C10H19N3O3. The first-order chi connectivity index (χ1) is 7.59. The lowest BCUT2D eigenvalue weighted by molar-refractivity contribution is -0.137. The summed E-state index contributed by atoms with van der Waals surface area (Å²) in [5.74, 6) is -0.887. The molecule has 0 spiro atoms. The Morgan fingerprint density at radius 2 is 2.06 bits per heavy atom. The largest absolute Gasteiger partial charge is 0.481 e. The van der Waals surface area contributed by atoms with Crippen LogP contribution in [0.1, 0.15) is 19.3 Å². The normalized spacial score (nSPS) is 16.8. The lowest BCUT2D eigenvalue weighted by Crippen LogP contribution is -2.47. The summed E-state index contributed by atoms with van der Waals surface area (Å²) < 4.78 is 0. The van der Waals surface area contributed by atoms with Gasteiger partial charge in [-0.05, 0) is 25.9 Å². The van der Waals surface area contributed by atoms with Crippen LogP contribution in [0.15, 0.2) is 0 Å². The summed E-state index contributed by atoms with van der Waals surface area (Å²) in [5.41, 5.74) is 0. The second kappa shape index (κ2) is 6.32. The Kier molecular flexibility index (Phi) is 5.04. The van der Waals surface area contributed by atoms with Crippen LogP contribution in [0.5, 0.6) is 0 Å². The van der Waals surface area contributed by atoms with E-state index in [2.05, 4.69) is 10.6 Å². The fraction of sp³-hybridized carbons (Fsp3) is 0.800. The van der Waals surface area contributed by atoms with Crippen LogP contribution in [-0.4, -0.2) is 54.7 Å². The molecule has 0 unspecified atom stereocenters. The second-order valence-corrected chi connectivity index (χ2v) is 4.04. The van der Waals surface area contributed by atoms with Gasteiger partial charge in [0.25, 0.3) is 0 Å². The van der Waals surface area contributed by atoms with Crippen molar-refractivity contribution >= 4 is 12.0 Å². The maximum absolute atomic E-state index is 11.6. The SMILES string of the molecule is CN(CCC(=O)O)C(=O)NC1CCNCC1. The van der Waals surface area contributed by atoms with Crippen molar-refractivity contribution in [1.82, 2.24) is 15.5 Å². The summed E-state index contributed by atoms with van der Waals surface area (Å²) in [4.78, 5) is 23.4. The maximum atomic E-state index is 11.6. The number of amides is 2. The molecule has 1 saturated heterocycles. The molecule has 1 aliphatic rings. The molecule has 0 saturated carbocycles. The summed E-state index contributed by atoms with van der Waals surface area (Å²) in [5, 5.41) is 14.6. The number of hydrogen-bond donors (Lipinski definition) is 3. The Morgan fingerprint density at radius 3 is 2.62 bits per heavy atom. The molecule has 0 aromatic rings. The van der Waals surface area contributed by atoms with E-state index in [1.54, 1.807) is 7.05 Å². The molecule has 0 aliphatic carbocycles. The number of carbonyl (C=O) groups excluding carboxylic acids is 1. The van der Waals surface area contributed by atoms with Crippen LogP contribution in [-0.2, 0) is 4.79 Å². The zero-order chi connectivity index (χ0) is 12.0. The lowest BCUT2D eigenvalue weighted by Gasteiger charge is -2.26. The molecule has 6 nitrogen and oxygen atoms in total. The second-order valence-electron chi connectivity index (χ2n) is 4.04. The molecule has 0 aromatic heterocycles.